The molecule has 0 atom stereocenters. The number of carbonyl (C=O) groups is 1. The van der Waals surface area contributed by atoms with E-state index in [4.69, 9.17) is 9.47 Å². The highest BCUT2D eigenvalue weighted by Crippen LogP contribution is 2.35. The van der Waals surface area contributed by atoms with Crippen LogP contribution < -0.4 is 14.3 Å². The molecule has 6 heteroatoms. The third kappa shape index (κ3) is 3.17. The van der Waals surface area contributed by atoms with E-state index in [1.54, 1.807) is 0 Å². The van der Waals surface area contributed by atoms with Gasteiger partial charge in [0, 0.05) is 18.7 Å². The predicted molar refractivity (Wildman–Crippen MR) is 97.2 cm³/mol. The first kappa shape index (κ1) is 15.9. The molecule has 0 saturated heterocycles. The normalized spacial score (nSPS) is 14.0. The second-order valence-corrected chi connectivity index (χ2v) is 6.77. The van der Waals surface area contributed by atoms with E-state index in [9.17, 15) is 4.79 Å². The molecule has 0 aliphatic carbocycles. The first-order valence-corrected chi connectivity index (χ1v) is 9.10. The molecule has 4 rings (SSSR count). The van der Waals surface area contributed by atoms with Gasteiger partial charge in [-0.05, 0) is 12.5 Å². The van der Waals surface area contributed by atoms with Gasteiger partial charge in [0.15, 0.2) is 16.3 Å². The lowest BCUT2D eigenvalue weighted by Crippen LogP contribution is -2.17. The monoisotopic (exact) mass is 354 g/mol. The van der Waals surface area contributed by atoms with Gasteiger partial charge in [-0.2, -0.15) is 4.99 Å². The van der Waals surface area contributed by atoms with Crippen LogP contribution in [0.1, 0.15) is 12.5 Å². The van der Waals surface area contributed by atoms with Crippen LogP contribution in [0.15, 0.2) is 47.5 Å². The zero-order chi connectivity index (χ0) is 17.2. The lowest BCUT2D eigenvalue weighted by molar-refractivity contribution is -0.117. The van der Waals surface area contributed by atoms with Crippen molar-refractivity contribution in [2.75, 3.05) is 13.2 Å². The van der Waals surface area contributed by atoms with E-state index in [1.807, 2.05) is 54.0 Å². The number of fused-ring (bicyclic) bond motifs is 2. The molecular formula is C19H18N2O3S. The van der Waals surface area contributed by atoms with E-state index >= 15 is 0 Å². The van der Waals surface area contributed by atoms with Gasteiger partial charge in [-0.1, -0.05) is 41.7 Å². The summed E-state index contributed by atoms with van der Waals surface area (Å²) in [6.45, 7) is 3.90. The van der Waals surface area contributed by atoms with Gasteiger partial charge in [-0.3, -0.25) is 4.79 Å². The molecular weight excluding hydrogens is 336 g/mol. The van der Waals surface area contributed by atoms with Crippen LogP contribution in [-0.2, 0) is 17.8 Å². The minimum absolute atomic E-state index is 0.141. The fraction of sp³-hybridized carbons (Fsp3) is 0.263. The van der Waals surface area contributed by atoms with Crippen LogP contribution in [0.25, 0.3) is 10.2 Å². The molecule has 0 N–H and O–H groups in total. The summed E-state index contributed by atoms with van der Waals surface area (Å²) in [6.07, 6.45) is 0.307. The van der Waals surface area contributed by atoms with Crippen molar-refractivity contribution < 1.29 is 14.3 Å². The average molecular weight is 354 g/mol. The Morgan fingerprint density at radius 2 is 1.88 bits per heavy atom. The van der Waals surface area contributed by atoms with Gasteiger partial charge in [0.2, 0.25) is 0 Å². The number of hydrogen-bond donors (Lipinski definition) is 0. The summed E-state index contributed by atoms with van der Waals surface area (Å²) in [5.74, 6) is 1.36. The third-order valence-corrected chi connectivity index (χ3v) is 5.12. The molecule has 2 aromatic carbocycles. The smallest absolute Gasteiger partial charge is 0.252 e. The van der Waals surface area contributed by atoms with Crippen LogP contribution >= 0.6 is 11.3 Å². The standard InChI is InChI=1S/C19H18N2O3S/c1-2-21-14-11-15-16(24-9-8-23-15)12-17(14)25-19(21)20-18(22)10-13-6-4-3-5-7-13/h3-7,11-12H,2,8-10H2,1H3. The maximum atomic E-state index is 12.4. The molecule has 0 unspecified atom stereocenters. The van der Waals surface area contributed by atoms with Crippen LogP contribution in [0, 0.1) is 0 Å². The minimum Gasteiger partial charge on any atom is -0.486 e. The van der Waals surface area contributed by atoms with Gasteiger partial charge in [0.1, 0.15) is 13.2 Å². The predicted octanol–water partition coefficient (Wildman–Crippen LogP) is 3.16. The van der Waals surface area contributed by atoms with Gasteiger partial charge < -0.3 is 14.0 Å². The third-order valence-electron chi connectivity index (χ3n) is 4.08. The summed E-state index contributed by atoms with van der Waals surface area (Å²) >= 11 is 1.50. The van der Waals surface area contributed by atoms with Crippen molar-refractivity contribution in [1.82, 2.24) is 4.57 Å². The fourth-order valence-electron chi connectivity index (χ4n) is 2.91. The molecule has 0 saturated carbocycles. The van der Waals surface area contributed by atoms with Crippen LogP contribution in [0.4, 0.5) is 0 Å². The van der Waals surface area contributed by atoms with Crippen molar-refractivity contribution in [2.24, 2.45) is 4.99 Å². The highest BCUT2D eigenvalue weighted by molar-refractivity contribution is 7.16. The Balaban J connectivity index is 1.74. The van der Waals surface area contributed by atoms with Gasteiger partial charge in [-0.25, -0.2) is 0 Å². The number of aromatic nitrogens is 1. The van der Waals surface area contributed by atoms with Gasteiger partial charge in [-0.15, -0.1) is 0 Å². The lowest BCUT2D eigenvalue weighted by atomic mass is 10.1. The van der Waals surface area contributed by atoms with E-state index < -0.39 is 0 Å². The summed E-state index contributed by atoms with van der Waals surface area (Å²) in [5.41, 5.74) is 1.99. The number of carbonyl (C=O) groups excluding carboxylic acids is 1. The van der Waals surface area contributed by atoms with Gasteiger partial charge >= 0.3 is 0 Å². The van der Waals surface area contributed by atoms with E-state index in [0.717, 1.165) is 33.8 Å². The molecule has 1 aliphatic rings. The summed E-state index contributed by atoms with van der Waals surface area (Å²) in [5, 5.41) is 0. The number of ether oxygens (including phenoxy) is 2. The Morgan fingerprint density at radius 3 is 2.60 bits per heavy atom. The quantitative estimate of drug-likeness (QED) is 0.726. The Bertz CT molecular complexity index is 989. The molecule has 0 fully saturated rings. The average Bonchev–Trinajstić information content (AvgIpc) is 2.96. The Kier molecular flexibility index (Phi) is 4.28. The second kappa shape index (κ2) is 6.72. The van der Waals surface area contributed by atoms with Crippen molar-refractivity contribution >= 4 is 27.5 Å². The van der Waals surface area contributed by atoms with Crippen molar-refractivity contribution in [3.8, 4) is 11.5 Å². The molecule has 0 radical (unpaired) electrons. The summed E-state index contributed by atoms with van der Waals surface area (Å²) in [4.78, 5) is 17.4. The SMILES string of the molecule is CCn1c(=NC(=O)Cc2ccccc2)sc2cc3c(cc21)OCCO3. The summed E-state index contributed by atoms with van der Waals surface area (Å²) in [7, 11) is 0. The fourth-order valence-corrected chi connectivity index (χ4v) is 4.04. The molecule has 0 bridgehead atoms. The Labute approximate surface area is 149 Å². The molecule has 128 valence electrons. The molecule has 1 aliphatic heterocycles. The van der Waals surface area contributed by atoms with Crippen LogP contribution in [0.3, 0.4) is 0 Å². The maximum Gasteiger partial charge on any atom is 0.252 e. The van der Waals surface area contributed by atoms with E-state index in [2.05, 4.69) is 4.99 Å². The molecule has 5 nitrogen and oxygen atoms in total. The molecule has 25 heavy (non-hydrogen) atoms. The number of aryl methyl sites for hydroxylation is 1. The first-order valence-electron chi connectivity index (χ1n) is 8.29. The van der Waals surface area contributed by atoms with Crippen molar-refractivity contribution in [3.05, 3.63) is 52.8 Å². The van der Waals surface area contributed by atoms with Crippen LogP contribution in [0.5, 0.6) is 11.5 Å². The number of benzene rings is 2. The summed E-state index contributed by atoms with van der Waals surface area (Å²) in [6, 6.07) is 13.6. The minimum atomic E-state index is -0.141. The maximum absolute atomic E-state index is 12.4. The molecule has 3 aromatic rings. The van der Waals surface area contributed by atoms with Crippen LogP contribution in [0.2, 0.25) is 0 Å². The molecule has 2 heterocycles. The number of nitrogens with zero attached hydrogens (tertiary/aromatic N) is 2. The highest BCUT2D eigenvalue weighted by Gasteiger charge is 2.16. The lowest BCUT2D eigenvalue weighted by Gasteiger charge is -2.18. The molecule has 1 amide bonds. The van der Waals surface area contributed by atoms with Gasteiger partial charge in [0.05, 0.1) is 16.6 Å². The Morgan fingerprint density at radius 1 is 1.16 bits per heavy atom. The second-order valence-electron chi connectivity index (χ2n) is 5.76. The number of hydrogen-bond acceptors (Lipinski definition) is 4. The zero-order valence-electron chi connectivity index (χ0n) is 13.9. The zero-order valence-corrected chi connectivity index (χ0v) is 14.7. The molecule has 1 aromatic heterocycles. The van der Waals surface area contributed by atoms with Gasteiger partial charge in [0.25, 0.3) is 5.91 Å². The van der Waals surface area contributed by atoms with Crippen LogP contribution in [-0.4, -0.2) is 23.7 Å². The van der Waals surface area contributed by atoms with E-state index in [-0.39, 0.29) is 5.91 Å². The Hall–Kier alpha value is -2.60. The topological polar surface area (TPSA) is 52.8 Å². The number of amides is 1. The van der Waals surface area contributed by atoms with E-state index in [0.29, 0.717) is 24.4 Å². The molecule has 0 spiro atoms. The number of rotatable bonds is 3. The van der Waals surface area contributed by atoms with Crippen molar-refractivity contribution in [1.29, 1.82) is 0 Å². The van der Waals surface area contributed by atoms with E-state index in [1.165, 1.54) is 11.3 Å². The van der Waals surface area contributed by atoms with Crippen molar-refractivity contribution in [3.63, 3.8) is 0 Å². The van der Waals surface area contributed by atoms with Crippen molar-refractivity contribution in [2.45, 2.75) is 19.9 Å². The largest absolute Gasteiger partial charge is 0.486 e. The first-order chi connectivity index (χ1) is 12.2. The summed E-state index contributed by atoms with van der Waals surface area (Å²) < 4.78 is 14.4. The number of thiazole rings is 1. The highest BCUT2D eigenvalue weighted by atomic mass is 32.1.